The van der Waals surface area contributed by atoms with Gasteiger partial charge in [0.1, 0.15) is 4.90 Å². The summed E-state index contributed by atoms with van der Waals surface area (Å²) in [5.41, 5.74) is 0. The van der Waals surface area contributed by atoms with E-state index in [1.807, 2.05) is 30.3 Å². The van der Waals surface area contributed by atoms with Crippen LogP contribution in [0.4, 0.5) is 0 Å². The summed E-state index contributed by atoms with van der Waals surface area (Å²) in [4.78, 5) is -0.0119. The Morgan fingerprint density at radius 2 is 1.47 bits per heavy atom. The Labute approximate surface area is 102 Å². The summed E-state index contributed by atoms with van der Waals surface area (Å²) in [6, 6.07) is 16.1. The Bertz CT molecular complexity index is 609. The molecule has 0 radical (unpaired) electrons. The zero-order valence-electron chi connectivity index (χ0n) is 8.87. The molecule has 0 fully saturated rings. The number of hydrogen-bond acceptors (Lipinski definition) is 2. The van der Waals surface area contributed by atoms with Crippen LogP contribution in [0.1, 0.15) is 0 Å². The molecule has 0 amide bonds. The monoisotopic (exact) mass is 266 g/mol. The quantitative estimate of drug-likeness (QED) is 0.677. The van der Waals surface area contributed by atoms with Gasteiger partial charge in [0.2, 0.25) is 0 Å². The minimum Gasteiger partial charge on any atom is -0.282 e. The fourth-order valence-electron chi connectivity index (χ4n) is 1.47. The first kappa shape index (κ1) is 12.2. The summed E-state index contributed by atoms with van der Waals surface area (Å²) in [6.45, 7) is 0. The molecule has 5 heteroatoms. The van der Waals surface area contributed by atoms with Crippen molar-refractivity contribution in [3.63, 3.8) is 0 Å². The Morgan fingerprint density at radius 1 is 0.882 bits per heavy atom. The molecular weight excluding hydrogens is 255 g/mol. The summed E-state index contributed by atoms with van der Waals surface area (Å²) >= 11 is 0. The molecule has 0 heterocycles. The van der Waals surface area contributed by atoms with E-state index in [4.69, 9.17) is 4.55 Å². The van der Waals surface area contributed by atoms with Gasteiger partial charge >= 0.3 is 0 Å². The van der Waals surface area contributed by atoms with E-state index in [1.54, 1.807) is 18.2 Å². The lowest BCUT2D eigenvalue weighted by Crippen LogP contribution is -2.13. The van der Waals surface area contributed by atoms with Crippen LogP contribution in [0.25, 0.3) is 0 Å². The van der Waals surface area contributed by atoms with E-state index in [9.17, 15) is 8.42 Å². The van der Waals surface area contributed by atoms with E-state index >= 15 is 0 Å². The van der Waals surface area contributed by atoms with Gasteiger partial charge in [0, 0.05) is 0 Å². The maximum atomic E-state index is 11.2. The van der Waals surface area contributed by atoms with E-state index in [2.05, 4.69) is 0 Å². The van der Waals surface area contributed by atoms with E-state index < -0.39 is 10.1 Å². The smallest absolute Gasteiger partial charge is 0.282 e. The summed E-state index contributed by atoms with van der Waals surface area (Å²) in [7, 11) is -3.94. The molecule has 2 aromatic carbocycles. The first-order valence-electron chi connectivity index (χ1n) is 4.96. The van der Waals surface area contributed by atoms with Crippen molar-refractivity contribution in [2.45, 2.75) is 4.90 Å². The summed E-state index contributed by atoms with van der Waals surface area (Å²) < 4.78 is 31.5. The molecular formula is C12H11O3PS. The van der Waals surface area contributed by atoms with Gasteiger partial charge in [0.25, 0.3) is 10.1 Å². The first-order valence-corrected chi connectivity index (χ1v) is 7.40. The molecule has 0 spiro atoms. The normalized spacial score (nSPS) is 12.1. The van der Waals surface area contributed by atoms with Gasteiger partial charge in [0.15, 0.2) is 0 Å². The predicted octanol–water partition coefficient (Wildman–Crippen LogP) is 1.56. The van der Waals surface area contributed by atoms with Crippen molar-refractivity contribution >= 4 is 29.3 Å². The second-order valence-corrected chi connectivity index (χ2v) is 6.22. The molecule has 2 rings (SSSR count). The average molecular weight is 266 g/mol. The second-order valence-electron chi connectivity index (χ2n) is 3.46. The largest absolute Gasteiger partial charge is 0.295 e. The van der Waals surface area contributed by atoms with Crippen molar-refractivity contribution < 1.29 is 13.0 Å². The molecule has 1 atom stereocenters. The molecule has 17 heavy (non-hydrogen) atoms. The van der Waals surface area contributed by atoms with Gasteiger partial charge in [-0.1, -0.05) is 57.1 Å². The van der Waals surface area contributed by atoms with Gasteiger partial charge in [-0.05, 0) is 16.7 Å². The number of rotatable bonds is 3. The van der Waals surface area contributed by atoms with Gasteiger partial charge in [-0.25, -0.2) is 0 Å². The maximum Gasteiger partial charge on any atom is 0.295 e. The van der Waals surface area contributed by atoms with Crippen LogP contribution in [-0.4, -0.2) is 13.0 Å². The molecule has 1 unspecified atom stereocenters. The molecule has 0 aliphatic carbocycles. The van der Waals surface area contributed by atoms with Crippen LogP contribution < -0.4 is 10.6 Å². The number of hydrogen-bond donors (Lipinski definition) is 1. The van der Waals surface area contributed by atoms with Crippen molar-refractivity contribution in [2.75, 3.05) is 0 Å². The van der Waals surface area contributed by atoms with E-state index in [0.29, 0.717) is 5.30 Å². The van der Waals surface area contributed by atoms with Gasteiger partial charge in [-0.2, -0.15) is 8.42 Å². The van der Waals surface area contributed by atoms with Crippen molar-refractivity contribution in [3.8, 4) is 0 Å². The zero-order valence-corrected chi connectivity index (χ0v) is 10.7. The summed E-state index contributed by atoms with van der Waals surface area (Å²) in [6.07, 6.45) is 0. The third kappa shape index (κ3) is 3.13. The van der Waals surface area contributed by atoms with Gasteiger partial charge < -0.3 is 0 Å². The Balaban J connectivity index is 2.41. The lowest BCUT2D eigenvalue weighted by atomic mass is 10.4. The highest BCUT2D eigenvalue weighted by Crippen LogP contribution is 2.16. The Morgan fingerprint density at radius 3 is 2.12 bits per heavy atom. The van der Waals surface area contributed by atoms with Gasteiger partial charge in [0.05, 0.1) is 0 Å². The van der Waals surface area contributed by atoms with Crippen molar-refractivity contribution in [1.29, 1.82) is 0 Å². The molecule has 0 saturated carbocycles. The minimum absolute atomic E-state index is 0.0119. The predicted molar refractivity (Wildman–Crippen MR) is 70.3 cm³/mol. The Hall–Kier alpha value is -1.22. The van der Waals surface area contributed by atoms with Crippen LogP contribution in [0.3, 0.4) is 0 Å². The van der Waals surface area contributed by atoms with E-state index in [0.717, 1.165) is 5.30 Å². The molecule has 0 aliphatic rings. The lowest BCUT2D eigenvalue weighted by Gasteiger charge is -2.06. The van der Waals surface area contributed by atoms with Crippen molar-refractivity contribution in [2.24, 2.45) is 0 Å². The summed E-state index contributed by atoms with van der Waals surface area (Å²) in [5, 5.41) is 1.66. The second kappa shape index (κ2) is 4.96. The molecule has 0 bridgehead atoms. The van der Waals surface area contributed by atoms with Gasteiger partial charge in [-0.3, -0.25) is 4.55 Å². The van der Waals surface area contributed by atoms with Crippen LogP contribution in [0.15, 0.2) is 59.5 Å². The van der Waals surface area contributed by atoms with Crippen LogP contribution >= 0.6 is 8.58 Å². The van der Waals surface area contributed by atoms with Crippen LogP contribution in [0, 0.1) is 0 Å². The topological polar surface area (TPSA) is 54.4 Å². The van der Waals surface area contributed by atoms with Crippen LogP contribution in [0.5, 0.6) is 0 Å². The average Bonchev–Trinajstić information content (AvgIpc) is 2.30. The highest BCUT2D eigenvalue weighted by Gasteiger charge is 2.14. The zero-order chi connectivity index (χ0) is 12.3. The Kier molecular flexibility index (Phi) is 3.57. The van der Waals surface area contributed by atoms with E-state index in [1.165, 1.54) is 6.07 Å². The molecule has 2 aromatic rings. The maximum absolute atomic E-state index is 11.2. The highest BCUT2D eigenvalue weighted by molar-refractivity contribution is 7.86. The molecule has 0 aliphatic heterocycles. The van der Waals surface area contributed by atoms with Crippen molar-refractivity contribution in [3.05, 3.63) is 54.6 Å². The standard InChI is InChI=1S/C12H11O3PS/c13-17(14,15)12-9-5-4-8-11(12)16-10-6-2-1-3-7-10/h1-9,16H,(H,13,14,15). The molecule has 3 nitrogen and oxygen atoms in total. The SMILES string of the molecule is O=S(=O)(O)c1ccccc1Pc1ccccc1. The number of benzene rings is 2. The third-order valence-corrected chi connectivity index (χ3v) is 4.64. The van der Waals surface area contributed by atoms with E-state index in [-0.39, 0.29) is 13.5 Å². The fraction of sp³-hybridized carbons (Fsp3) is 0. The van der Waals surface area contributed by atoms with Crippen LogP contribution in [-0.2, 0) is 10.1 Å². The summed E-state index contributed by atoms with van der Waals surface area (Å²) in [5.74, 6) is 0. The molecule has 88 valence electrons. The first-order chi connectivity index (χ1) is 8.07. The lowest BCUT2D eigenvalue weighted by molar-refractivity contribution is 0.484. The highest BCUT2D eigenvalue weighted by atomic mass is 32.2. The molecule has 0 saturated heterocycles. The fourth-order valence-corrected chi connectivity index (χ4v) is 3.66. The molecule has 1 N–H and O–H groups in total. The van der Waals surface area contributed by atoms with Gasteiger partial charge in [-0.15, -0.1) is 0 Å². The minimum atomic E-state index is -4.15. The third-order valence-electron chi connectivity index (χ3n) is 2.22. The molecule has 0 aromatic heterocycles. The van der Waals surface area contributed by atoms with Crippen LogP contribution in [0.2, 0.25) is 0 Å². The van der Waals surface area contributed by atoms with Crippen molar-refractivity contribution in [1.82, 2.24) is 0 Å².